The number of carbonyl (C=O) groups excluding carboxylic acids is 2. The molecule has 0 aliphatic carbocycles. The monoisotopic (exact) mass is 374 g/mol. The van der Waals surface area contributed by atoms with E-state index in [0.717, 1.165) is 0 Å². The summed E-state index contributed by atoms with van der Waals surface area (Å²) in [6.07, 6.45) is 0.199. The normalized spacial score (nSPS) is 10.9. The van der Waals surface area contributed by atoms with Crippen molar-refractivity contribution >= 4 is 34.8 Å². The molecule has 2 rings (SSSR count). The van der Waals surface area contributed by atoms with Gasteiger partial charge >= 0.3 is 0 Å². The van der Waals surface area contributed by atoms with E-state index in [1.54, 1.807) is 48.5 Å². The van der Waals surface area contributed by atoms with Crippen LogP contribution in [0.15, 0.2) is 48.5 Å². The van der Waals surface area contributed by atoms with Crippen LogP contribution in [0, 0.1) is 5.41 Å². The first-order chi connectivity index (χ1) is 12.2. The molecular formula is C20H23ClN2O3. The number of nitrogens with one attached hydrogen (secondary N) is 2. The van der Waals surface area contributed by atoms with Crippen molar-refractivity contribution in [3.8, 4) is 5.75 Å². The number of hydrogen-bond acceptors (Lipinski definition) is 3. The highest BCUT2D eigenvalue weighted by Gasteiger charge is 2.21. The molecule has 0 radical (unpaired) electrons. The summed E-state index contributed by atoms with van der Waals surface area (Å²) < 4.78 is 5.51. The molecule has 26 heavy (non-hydrogen) atoms. The van der Waals surface area contributed by atoms with Crippen LogP contribution in [0.1, 0.15) is 27.2 Å². The van der Waals surface area contributed by atoms with Crippen LogP contribution in [0.25, 0.3) is 0 Å². The van der Waals surface area contributed by atoms with Crippen molar-refractivity contribution in [1.82, 2.24) is 0 Å². The summed E-state index contributed by atoms with van der Waals surface area (Å²) >= 11 is 5.88. The quantitative estimate of drug-likeness (QED) is 0.767. The maximum absolute atomic E-state index is 12.1. The molecule has 0 unspecified atom stereocenters. The van der Waals surface area contributed by atoms with Crippen molar-refractivity contribution in [3.05, 3.63) is 53.6 Å². The summed E-state index contributed by atoms with van der Waals surface area (Å²) in [6.45, 7) is 5.77. The smallest absolute Gasteiger partial charge is 0.229 e. The Morgan fingerprint density at radius 2 is 1.65 bits per heavy atom. The van der Waals surface area contributed by atoms with Crippen molar-refractivity contribution in [2.24, 2.45) is 5.41 Å². The van der Waals surface area contributed by atoms with Crippen LogP contribution >= 0.6 is 11.6 Å². The molecule has 0 saturated carbocycles. The second-order valence-corrected chi connectivity index (χ2v) is 7.33. The fourth-order valence-electron chi connectivity index (χ4n) is 2.04. The number of halogens is 1. The largest absolute Gasteiger partial charge is 0.493 e. The minimum absolute atomic E-state index is 0.0871. The van der Waals surface area contributed by atoms with Gasteiger partial charge < -0.3 is 15.4 Å². The first-order valence-electron chi connectivity index (χ1n) is 8.34. The van der Waals surface area contributed by atoms with Gasteiger partial charge in [0.2, 0.25) is 11.8 Å². The molecule has 0 bridgehead atoms. The predicted octanol–water partition coefficient (Wildman–Crippen LogP) is 4.73. The molecule has 0 atom stereocenters. The first kappa shape index (κ1) is 19.8. The van der Waals surface area contributed by atoms with Gasteiger partial charge in [0.15, 0.2) is 0 Å². The van der Waals surface area contributed by atoms with Gasteiger partial charge in [-0.15, -0.1) is 0 Å². The molecule has 138 valence electrons. The molecule has 0 aliphatic heterocycles. The van der Waals surface area contributed by atoms with E-state index in [0.29, 0.717) is 22.1 Å². The standard InChI is InChI=1S/C20H23ClN2O3/c1-20(2,3)19(25)23-16-8-5-7-15(13-16)22-18(24)10-11-26-17-9-4-6-14(21)12-17/h4-9,12-13H,10-11H2,1-3H3,(H,22,24)(H,23,25). The Morgan fingerprint density at radius 1 is 1.00 bits per heavy atom. The lowest BCUT2D eigenvalue weighted by Crippen LogP contribution is -2.27. The molecule has 2 N–H and O–H groups in total. The van der Waals surface area contributed by atoms with Gasteiger partial charge in [0.25, 0.3) is 0 Å². The van der Waals surface area contributed by atoms with Gasteiger partial charge in [-0.05, 0) is 36.4 Å². The molecule has 0 spiro atoms. The summed E-state index contributed by atoms with van der Waals surface area (Å²) in [7, 11) is 0. The molecule has 0 saturated heterocycles. The predicted molar refractivity (Wildman–Crippen MR) is 105 cm³/mol. The number of benzene rings is 2. The molecule has 0 fully saturated rings. The Kier molecular flexibility index (Phi) is 6.64. The van der Waals surface area contributed by atoms with Crippen molar-refractivity contribution in [3.63, 3.8) is 0 Å². The lowest BCUT2D eigenvalue weighted by atomic mass is 9.95. The Labute approximate surface area is 158 Å². The van der Waals surface area contributed by atoms with E-state index in [-0.39, 0.29) is 24.8 Å². The Bertz CT molecular complexity index is 785. The molecular weight excluding hydrogens is 352 g/mol. The number of rotatable bonds is 6. The number of anilines is 2. The second kappa shape index (κ2) is 8.72. The van der Waals surface area contributed by atoms with E-state index in [9.17, 15) is 9.59 Å². The maximum atomic E-state index is 12.1. The first-order valence-corrected chi connectivity index (χ1v) is 8.71. The van der Waals surface area contributed by atoms with E-state index in [4.69, 9.17) is 16.3 Å². The van der Waals surface area contributed by atoms with Gasteiger partial charge in [0.1, 0.15) is 5.75 Å². The lowest BCUT2D eigenvalue weighted by molar-refractivity contribution is -0.123. The zero-order chi connectivity index (χ0) is 19.2. The van der Waals surface area contributed by atoms with Gasteiger partial charge in [-0.2, -0.15) is 0 Å². The van der Waals surface area contributed by atoms with Crippen LogP contribution < -0.4 is 15.4 Å². The molecule has 2 aromatic rings. The molecule has 0 heterocycles. The zero-order valence-electron chi connectivity index (χ0n) is 15.1. The van der Waals surface area contributed by atoms with Gasteiger partial charge in [0, 0.05) is 21.8 Å². The van der Waals surface area contributed by atoms with Crippen LogP contribution in [-0.2, 0) is 9.59 Å². The van der Waals surface area contributed by atoms with Gasteiger partial charge in [0.05, 0.1) is 13.0 Å². The topological polar surface area (TPSA) is 67.4 Å². The highest BCUT2D eigenvalue weighted by molar-refractivity contribution is 6.30. The van der Waals surface area contributed by atoms with E-state index < -0.39 is 5.41 Å². The summed E-state index contributed by atoms with van der Waals surface area (Å²) in [5.41, 5.74) is 0.763. The summed E-state index contributed by atoms with van der Waals surface area (Å²) in [5, 5.41) is 6.22. The second-order valence-electron chi connectivity index (χ2n) is 6.89. The SMILES string of the molecule is CC(C)(C)C(=O)Nc1cccc(NC(=O)CCOc2cccc(Cl)c2)c1. The summed E-state index contributed by atoms with van der Waals surface area (Å²) in [6, 6.07) is 14.1. The summed E-state index contributed by atoms with van der Waals surface area (Å²) in [5.74, 6) is 0.361. The Morgan fingerprint density at radius 3 is 2.31 bits per heavy atom. The minimum Gasteiger partial charge on any atom is -0.493 e. The maximum Gasteiger partial charge on any atom is 0.229 e. The molecule has 2 aromatic carbocycles. The minimum atomic E-state index is -0.489. The average Bonchev–Trinajstić information content (AvgIpc) is 2.54. The van der Waals surface area contributed by atoms with Crippen molar-refractivity contribution < 1.29 is 14.3 Å². The van der Waals surface area contributed by atoms with E-state index in [2.05, 4.69) is 10.6 Å². The number of ether oxygens (including phenoxy) is 1. The highest BCUT2D eigenvalue weighted by atomic mass is 35.5. The fourth-order valence-corrected chi connectivity index (χ4v) is 2.22. The lowest BCUT2D eigenvalue weighted by Gasteiger charge is -2.18. The van der Waals surface area contributed by atoms with Crippen LogP contribution in [0.2, 0.25) is 5.02 Å². The molecule has 5 nitrogen and oxygen atoms in total. The van der Waals surface area contributed by atoms with Crippen LogP contribution in [0.5, 0.6) is 5.75 Å². The third-order valence-corrected chi connectivity index (χ3v) is 3.71. The van der Waals surface area contributed by atoms with Crippen molar-refractivity contribution in [2.75, 3.05) is 17.2 Å². The number of hydrogen-bond donors (Lipinski definition) is 2. The summed E-state index contributed by atoms with van der Waals surface area (Å²) in [4.78, 5) is 24.1. The van der Waals surface area contributed by atoms with Crippen molar-refractivity contribution in [2.45, 2.75) is 27.2 Å². The Hall–Kier alpha value is -2.53. The molecule has 2 amide bonds. The zero-order valence-corrected chi connectivity index (χ0v) is 15.9. The molecule has 0 aromatic heterocycles. The Balaban J connectivity index is 1.85. The van der Waals surface area contributed by atoms with Crippen LogP contribution in [-0.4, -0.2) is 18.4 Å². The molecule has 6 heteroatoms. The van der Waals surface area contributed by atoms with Gasteiger partial charge in [-0.3, -0.25) is 9.59 Å². The average molecular weight is 375 g/mol. The van der Waals surface area contributed by atoms with Gasteiger partial charge in [-0.1, -0.05) is 44.5 Å². The third kappa shape index (κ3) is 6.41. The van der Waals surface area contributed by atoms with E-state index >= 15 is 0 Å². The molecule has 0 aliphatic rings. The van der Waals surface area contributed by atoms with Crippen LogP contribution in [0.4, 0.5) is 11.4 Å². The van der Waals surface area contributed by atoms with E-state index in [1.807, 2.05) is 20.8 Å². The van der Waals surface area contributed by atoms with Gasteiger partial charge in [-0.25, -0.2) is 0 Å². The van der Waals surface area contributed by atoms with Crippen molar-refractivity contribution in [1.29, 1.82) is 0 Å². The van der Waals surface area contributed by atoms with E-state index in [1.165, 1.54) is 0 Å². The number of amides is 2. The highest BCUT2D eigenvalue weighted by Crippen LogP contribution is 2.20. The third-order valence-electron chi connectivity index (χ3n) is 3.48. The fraction of sp³-hybridized carbons (Fsp3) is 0.300. The van der Waals surface area contributed by atoms with Crippen LogP contribution in [0.3, 0.4) is 0 Å². The number of carbonyl (C=O) groups is 2.